The Morgan fingerprint density at radius 3 is 2.18 bits per heavy atom. The van der Waals surface area contributed by atoms with Crippen molar-refractivity contribution in [1.82, 2.24) is 34.7 Å². The van der Waals surface area contributed by atoms with Gasteiger partial charge in [0.2, 0.25) is 23.7 Å². The molecule has 0 saturated carbocycles. The standard InChI is InChI=1S/C55H63FN12O10/c1-7-66-29-55(5,78-47-43(49(66)71)44(31-8-11-34(12-9-31)59-53(73)75-19-18-69)62-51(64-47)68-36-13-14-37(68)27-74-26-36)22-33-20-35(23-57-30(33)2)58-52(72)60-41-17-10-32(21-40(41)56)45-42-46(77-54(3,4)28-65(6)48(42)70)63-50(61-45)67-24-38-15-16-39(25-67)76-38/h8-12,17,20-21,23,36-39,69H,7,13-16,18-19,22,24-29H2,1-6H3,(H,59,73)(H2,58,60,72). The number of aromatic nitrogens is 5. The second-order valence-corrected chi connectivity index (χ2v) is 21.7. The molecule has 4 fully saturated rings. The summed E-state index contributed by atoms with van der Waals surface area (Å²) in [4.78, 5) is 86.6. The molecule has 4 saturated heterocycles. The van der Waals surface area contributed by atoms with Crippen LogP contribution >= 0.6 is 0 Å². The molecule has 5 atom stereocenters. The van der Waals surface area contributed by atoms with Gasteiger partial charge in [0.1, 0.15) is 34.8 Å². The number of halogens is 1. The number of hydrogen-bond acceptors (Lipinski definition) is 17. The van der Waals surface area contributed by atoms with E-state index in [1.165, 1.54) is 18.3 Å². The number of likely N-dealkylation sites (N-methyl/N-ethyl adjacent to an activating group) is 2. The van der Waals surface area contributed by atoms with Crippen LogP contribution < -0.4 is 35.2 Å². The fraction of sp³-hybridized carbons (Fsp3) is 0.473. The number of aliphatic hydroxyl groups is 1. The van der Waals surface area contributed by atoms with Gasteiger partial charge in [-0.2, -0.15) is 9.97 Å². The average molecular weight is 1070 g/mol. The number of aliphatic hydroxyl groups excluding tert-OH is 1. The smallest absolute Gasteiger partial charge is 0.411 e. The SMILES string of the molecule is CCN1CC(C)(Cc2cc(NC(=O)Nc3ccc(-c4nc(N5CC6CCC(C5)O6)nc5c4C(=O)N(C)CC(C)(C)O5)cc3F)cnc2C)Oc2nc(N3C4CCC3COC4)nc(-c3ccc(NC(=O)OCCO)cc3)c2C1=O. The number of carbonyl (C=O) groups excluding carboxylic acids is 4. The number of anilines is 5. The first kappa shape index (κ1) is 52.3. The highest BCUT2D eigenvalue weighted by Gasteiger charge is 2.44. The fourth-order valence-electron chi connectivity index (χ4n) is 11.5. The van der Waals surface area contributed by atoms with E-state index in [9.17, 15) is 19.2 Å². The van der Waals surface area contributed by atoms with Crippen LogP contribution in [0.4, 0.5) is 42.9 Å². The van der Waals surface area contributed by atoms with Crippen molar-refractivity contribution < 1.29 is 52.4 Å². The second-order valence-electron chi connectivity index (χ2n) is 21.7. The highest BCUT2D eigenvalue weighted by atomic mass is 19.1. The first-order valence-electron chi connectivity index (χ1n) is 26.5. The van der Waals surface area contributed by atoms with Gasteiger partial charge in [-0.3, -0.25) is 19.9 Å². The van der Waals surface area contributed by atoms with E-state index in [1.807, 2.05) is 39.5 Å². The Balaban J connectivity index is 0.850. The van der Waals surface area contributed by atoms with Crippen LogP contribution in [0.15, 0.2) is 54.7 Å². The van der Waals surface area contributed by atoms with Crippen LogP contribution in [0, 0.1) is 12.7 Å². The molecule has 4 bridgehead atoms. The van der Waals surface area contributed by atoms with E-state index in [0.29, 0.717) is 84.2 Å². The Hall–Kier alpha value is -7.76. The van der Waals surface area contributed by atoms with Crippen LogP contribution in [-0.2, 0) is 20.6 Å². The molecular formula is C55H63FN12O10. The van der Waals surface area contributed by atoms with Gasteiger partial charge in [0.05, 0.1) is 86.2 Å². The van der Waals surface area contributed by atoms with E-state index >= 15 is 4.39 Å². The molecule has 410 valence electrons. The maximum atomic E-state index is 16.3. The van der Waals surface area contributed by atoms with Crippen LogP contribution in [0.3, 0.4) is 0 Å². The van der Waals surface area contributed by atoms with Crippen molar-refractivity contribution in [3.63, 3.8) is 0 Å². The van der Waals surface area contributed by atoms with Crippen LogP contribution in [-0.4, -0.2) is 165 Å². The topological polar surface area (TPSA) is 248 Å². The molecule has 5 amide bonds. The van der Waals surface area contributed by atoms with Gasteiger partial charge in [-0.05, 0) is 96.2 Å². The summed E-state index contributed by atoms with van der Waals surface area (Å²) in [5.41, 5.74) is 1.87. The number of urea groups is 1. The van der Waals surface area contributed by atoms with E-state index in [1.54, 1.807) is 53.2 Å². The zero-order valence-corrected chi connectivity index (χ0v) is 44.4. The lowest BCUT2D eigenvalue weighted by atomic mass is 9.94. The number of fused-ring (bicyclic) bond motifs is 6. The Morgan fingerprint density at radius 1 is 0.808 bits per heavy atom. The first-order chi connectivity index (χ1) is 37.4. The Labute approximate surface area is 450 Å². The number of amides is 5. The number of pyridine rings is 1. The molecule has 4 N–H and O–H groups in total. The number of nitrogens with one attached hydrogen (secondary N) is 3. The summed E-state index contributed by atoms with van der Waals surface area (Å²) >= 11 is 0. The Bertz CT molecular complexity index is 3160. The second kappa shape index (κ2) is 20.9. The van der Waals surface area contributed by atoms with Crippen LogP contribution in [0.2, 0.25) is 0 Å². The van der Waals surface area contributed by atoms with Gasteiger partial charge >= 0.3 is 12.1 Å². The van der Waals surface area contributed by atoms with Gasteiger partial charge in [-0.25, -0.2) is 23.9 Å². The van der Waals surface area contributed by atoms with Crippen LogP contribution in [0.5, 0.6) is 11.8 Å². The third kappa shape index (κ3) is 10.5. The zero-order chi connectivity index (χ0) is 54.6. The summed E-state index contributed by atoms with van der Waals surface area (Å²) in [5, 5.41) is 17.1. The summed E-state index contributed by atoms with van der Waals surface area (Å²) in [6.07, 6.45) is 4.71. The number of aryl methyl sites for hydroxylation is 1. The number of carbonyl (C=O) groups is 4. The zero-order valence-electron chi connectivity index (χ0n) is 44.4. The number of ether oxygens (including phenoxy) is 5. The molecule has 11 rings (SSSR count). The van der Waals surface area contributed by atoms with Crippen molar-refractivity contribution in [3.05, 3.63) is 82.9 Å². The quantitative estimate of drug-likeness (QED) is 0.105. The summed E-state index contributed by atoms with van der Waals surface area (Å²) < 4.78 is 46.6. The Kier molecular flexibility index (Phi) is 14.0. The van der Waals surface area contributed by atoms with Gasteiger partial charge in [0, 0.05) is 55.6 Å². The van der Waals surface area contributed by atoms with Crippen LogP contribution in [0.25, 0.3) is 22.5 Å². The molecule has 0 radical (unpaired) electrons. The van der Waals surface area contributed by atoms with Crippen molar-refractivity contribution >= 4 is 52.9 Å². The van der Waals surface area contributed by atoms with Gasteiger partial charge < -0.3 is 59.0 Å². The summed E-state index contributed by atoms with van der Waals surface area (Å²) in [6.45, 7) is 11.8. The molecule has 2 aromatic carbocycles. The van der Waals surface area contributed by atoms with Crippen molar-refractivity contribution in [2.45, 2.75) is 102 Å². The lowest BCUT2D eigenvalue weighted by molar-refractivity contribution is 0.0297. The van der Waals surface area contributed by atoms with E-state index in [0.717, 1.165) is 25.7 Å². The molecule has 6 aliphatic heterocycles. The molecule has 3 aromatic heterocycles. The number of morpholine rings is 2. The van der Waals surface area contributed by atoms with Gasteiger partial charge in [-0.1, -0.05) is 18.2 Å². The van der Waals surface area contributed by atoms with Crippen molar-refractivity contribution in [1.29, 1.82) is 0 Å². The minimum absolute atomic E-state index is 0.0315. The number of rotatable bonds is 12. The minimum atomic E-state index is -1.09. The summed E-state index contributed by atoms with van der Waals surface area (Å²) in [7, 11) is 1.68. The lowest BCUT2D eigenvalue weighted by Gasteiger charge is -2.35. The fourth-order valence-corrected chi connectivity index (χ4v) is 11.5. The molecule has 5 unspecified atom stereocenters. The molecule has 78 heavy (non-hydrogen) atoms. The molecule has 9 heterocycles. The highest BCUT2D eigenvalue weighted by molar-refractivity contribution is 6.04. The van der Waals surface area contributed by atoms with Gasteiger partial charge in [0.25, 0.3) is 11.8 Å². The summed E-state index contributed by atoms with van der Waals surface area (Å²) in [5.74, 6) is -0.465. The first-order valence-corrected chi connectivity index (χ1v) is 26.5. The largest absolute Gasteiger partial charge is 0.469 e. The monoisotopic (exact) mass is 1070 g/mol. The predicted molar refractivity (Wildman–Crippen MR) is 285 cm³/mol. The molecule has 6 aliphatic rings. The molecular weight excluding hydrogens is 1010 g/mol. The number of nitrogens with zero attached hydrogens (tertiary/aromatic N) is 9. The van der Waals surface area contributed by atoms with Crippen molar-refractivity contribution in [3.8, 4) is 34.3 Å². The lowest BCUT2D eigenvalue weighted by Crippen LogP contribution is -2.47. The number of benzene rings is 2. The summed E-state index contributed by atoms with van der Waals surface area (Å²) in [6, 6.07) is 12.2. The maximum absolute atomic E-state index is 16.3. The molecule has 5 aromatic rings. The third-order valence-corrected chi connectivity index (χ3v) is 15.1. The molecule has 0 aliphatic carbocycles. The van der Waals surface area contributed by atoms with E-state index < -0.39 is 29.1 Å². The Morgan fingerprint density at radius 2 is 1.47 bits per heavy atom. The molecule has 23 heteroatoms. The van der Waals surface area contributed by atoms with Crippen molar-refractivity contribution in [2.75, 3.05) is 91.9 Å². The maximum Gasteiger partial charge on any atom is 0.411 e. The number of hydrogen-bond donors (Lipinski definition) is 4. The predicted octanol–water partition coefficient (Wildman–Crippen LogP) is 6.46. The van der Waals surface area contributed by atoms with E-state index in [2.05, 4.69) is 25.8 Å². The van der Waals surface area contributed by atoms with Gasteiger partial charge in [-0.15, -0.1) is 0 Å². The van der Waals surface area contributed by atoms with E-state index in [4.69, 9.17) is 48.7 Å². The normalized spacial score (nSPS) is 23.1. The third-order valence-electron chi connectivity index (χ3n) is 15.1. The average Bonchev–Trinajstić information content (AvgIpc) is 4.05. The van der Waals surface area contributed by atoms with E-state index in [-0.39, 0.29) is 103 Å². The molecule has 22 nitrogen and oxygen atoms in total. The van der Waals surface area contributed by atoms with Crippen LogP contribution in [0.1, 0.15) is 85.4 Å². The highest BCUT2D eigenvalue weighted by Crippen LogP contribution is 2.42. The van der Waals surface area contributed by atoms with Gasteiger partial charge in [0.15, 0.2) is 0 Å². The minimum Gasteiger partial charge on any atom is -0.469 e. The molecule has 0 spiro atoms. The van der Waals surface area contributed by atoms with Crippen molar-refractivity contribution in [2.24, 2.45) is 0 Å².